The summed E-state index contributed by atoms with van der Waals surface area (Å²) in [5.74, 6) is 3.33. The van der Waals surface area contributed by atoms with Crippen molar-refractivity contribution in [3.8, 4) is 5.82 Å². The van der Waals surface area contributed by atoms with Gasteiger partial charge in [-0.15, -0.1) is 0 Å². The van der Waals surface area contributed by atoms with Gasteiger partial charge in [-0.3, -0.25) is 4.79 Å². The lowest BCUT2D eigenvalue weighted by molar-refractivity contribution is -0.114. The number of nitrogens with zero attached hydrogens (tertiary/aromatic N) is 4. The fraction of sp³-hybridized carbons (Fsp3) is 0.368. The van der Waals surface area contributed by atoms with Crippen LogP contribution < -0.4 is 5.32 Å². The third-order valence-electron chi connectivity index (χ3n) is 4.74. The molecule has 6 heteroatoms. The molecule has 0 bridgehead atoms. The zero-order chi connectivity index (χ0) is 17.7. The quantitative estimate of drug-likeness (QED) is 0.795. The minimum atomic E-state index is -0.135. The fourth-order valence-electron chi connectivity index (χ4n) is 3.26. The first-order chi connectivity index (χ1) is 11.9. The molecule has 1 fully saturated rings. The average Bonchev–Trinajstić information content (AvgIpc) is 3.19. The monoisotopic (exact) mass is 335 g/mol. The number of carbonyl (C=O) groups excluding carboxylic acids is 1. The summed E-state index contributed by atoms with van der Waals surface area (Å²) in [4.78, 5) is 25.1. The van der Waals surface area contributed by atoms with E-state index in [9.17, 15) is 4.79 Å². The SMILES string of the molecule is CC(=O)Nc1cc2c(cn1)c(C)cn2-c1cc(C)nc(C2CC2C)n1. The van der Waals surface area contributed by atoms with E-state index in [0.717, 1.165) is 40.2 Å². The van der Waals surface area contributed by atoms with Crippen molar-refractivity contribution < 1.29 is 4.79 Å². The molecule has 2 unspecified atom stereocenters. The molecule has 1 aliphatic carbocycles. The second kappa shape index (κ2) is 5.65. The van der Waals surface area contributed by atoms with E-state index in [1.807, 2.05) is 19.1 Å². The molecule has 0 aliphatic heterocycles. The summed E-state index contributed by atoms with van der Waals surface area (Å²) < 4.78 is 2.06. The molecule has 1 aliphatic rings. The molecular weight excluding hydrogens is 314 g/mol. The molecule has 0 aromatic carbocycles. The van der Waals surface area contributed by atoms with Crippen LogP contribution in [0.4, 0.5) is 5.82 Å². The van der Waals surface area contributed by atoms with E-state index in [1.165, 1.54) is 6.92 Å². The number of rotatable bonds is 3. The molecule has 3 heterocycles. The largest absolute Gasteiger partial charge is 0.311 e. The summed E-state index contributed by atoms with van der Waals surface area (Å²) >= 11 is 0. The minimum Gasteiger partial charge on any atom is -0.311 e. The van der Waals surface area contributed by atoms with Crippen LogP contribution >= 0.6 is 0 Å². The normalized spacial score (nSPS) is 19.2. The van der Waals surface area contributed by atoms with Crippen LogP contribution in [-0.2, 0) is 4.79 Å². The van der Waals surface area contributed by atoms with Crippen LogP contribution in [0.1, 0.15) is 43.3 Å². The van der Waals surface area contributed by atoms with Gasteiger partial charge < -0.3 is 9.88 Å². The van der Waals surface area contributed by atoms with E-state index >= 15 is 0 Å². The first-order valence-corrected chi connectivity index (χ1v) is 8.53. The van der Waals surface area contributed by atoms with Crippen molar-refractivity contribution >= 4 is 22.6 Å². The van der Waals surface area contributed by atoms with Gasteiger partial charge in [0.15, 0.2) is 0 Å². The Morgan fingerprint density at radius 3 is 2.72 bits per heavy atom. The summed E-state index contributed by atoms with van der Waals surface area (Å²) in [6, 6.07) is 3.88. The smallest absolute Gasteiger partial charge is 0.222 e. The third-order valence-corrected chi connectivity index (χ3v) is 4.74. The molecule has 6 nitrogen and oxygen atoms in total. The Kier molecular flexibility index (Phi) is 3.56. The number of amides is 1. The van der Waals surface area contributed by atoms with Crippen molar-refractivity contribution in [1.82, 2.24) is 19.5 Å². The molecule has 128 valence electrons. The number of pyridine rings is 1. The van der Waals surface area contributed by atoms with Crippen LogP contribution in [-0.4, -0.2) is 25.4 Å². The van der Waals surface area contributed by atoms with E-state index in [0.29, 0.717) is 17.7 Å². The average molecular weight is 335 g/mol. The molecule has 2 atom stereocenters. The molecule has 0 radical (unpaired) electrons. The van der Waals surface area contributed by atoms with Crippen LogP contribution in [0.3, 0.4) is 0 Å². The van der Waals surface area contributed by atoms with E-state index in [1.54, 1.807) is 6.20 Å². The standard InChI is InChI=1S/C19H21N5O/c1-10-5-14(10)19-21-12(3)6-18(23-19)24-9-11(2)15-8-20-17(7-16(15)24)22-13(4)25/h6-10,14H,5H2,1-4H3,(H,20,22,25). The molecule has 1 N–H and O–H groups in total. The zero-order valence-corrected chi connectivity index (χ0v) is 14.9. The maximum Gasteiger partial charge on any atom is 0.222 e. The fourth-order valence-corrected chi connectivity index (χ4v) is 3.26. The number of anilines is 1. The Hall–Kier alpha value is -2.76. The highest BCUT2D eigenvalue weighted by Gasteiger charge is 2.36. The van der Waals surface area contributed by atoms with Gasteiger partial charge in [0.25, 0.3) is 0 Å². The van der Waals surface area contributed by atoms with Gasteiger partial charge >= 0.3 is 0 Å². The van der Waals surface area contributed by atoms with Crippen molar-refractivity contribution in [3.63, 3.8) is 0 Å². The molecule has 3 aromatic rings. The van der Waals surface area contributed by atoms with Gasteiger partial charge in [0.05, 0.1) is 5.52 Å². The highest BCUT2D eigenvalue weighted by Crippen LogP contribution is 2.45. The first kappa shape index (κ1) is 15.7. The van der Waals surface area contributed by atoms with E-state index in [2.05, 4.69) is 39.9 Å². The topological polar surface area (TPSA) is 72.7 Å². The Balaban J connectivity index is 1.85. The lowest BCUT2D eigenvalue weighted by Crippen LogP contribution is -2.07. The van der Waals surface area contributed by atoms with Gasteiger partial charge in [-0.1, -0.05) is 6.92 Å². The van der Waals surface area contributed by atoms with Gasteiger partial charge in [-0.05, 0) is 31.7 Å². The Labute approximate surface area is 146 Å². The van der Waals surface area contributed by atoms with Crippen molar-refractivity contribution in [1.29, 1.82) is 0 Å². The van der Waals surface area contributed by atoms with Gasteiger partial charge in [0.2, 0.25) is 5.91 Å². The van der Waals surface area contributed by atoms with E-state index in [4.69, 9.17) is 4.98 Å². The lowest BCUT2D eigenvalue weighted by Gasteiger charge is -2.09. The van der Waals surface area contributed by atoms with Crippen molar-refractivity contribution in [3.05, 3.63) is 41.6 Å². The molecule has 1 amide bonds. The van der Waals surface area contributed by atoms with Crippen LogP contribution in [0, 0.1) is 19.8 Å². The van der Waals surface area contributed by atoms with Gasteiger partial charge in [0.1, 0.15) is 17.5 Å². The number of hydrogen-bond donors (Lipinski definition) is 1. The number of hydrogen-bond acceptors (Lipinski definition) is 4. The van der Waals surface area contributed by atoms with Crippen molar-refractivity contribution in [2.24, 2.45) is 5.92 Å². The van der Waals surface area contributed by atoms with Crippen LogP contribution in [0.2, 0.25) is 0 Å². The van der Waals surface area contributed by atoms with Crippen molar-refractivity contribution in [2.75, 3.05) is 5.32 Å². The number of carbonyl (C=O) groups is 1. The minimum absolute atomic E-state index is 0.135. The third kappa shape index (κ3) is 2.88. The zero-order valence-electron chi connectivity index (χ0n) is 14.9. The van der Waals surface area contributed by atoms with Gasteiger partial charge in [-0.2, -0.15) is 0 Å². The summed E-state index contributed by atoms with van der Waals surface area (Å²) in [5, 5.41) is 3.79. The van der Waals surface area contributed by atoms with Crippen LogP contribution in [0.15, 0.2) is 24.5 Å². The first-order valence-electron chi connectivity index (χ1n) is 8.53. The van der Waals surface area contributed by atoms with E-state index in [-0.39, 0.29) is 5.91 Å². The Morgan fingerprint density at radius 2 is 2.04 bits per heavy atom. The number of fused-ring (bicyclic) bond motifs is 1. The Morgan fingerprint density at radius 1 is 1.28 bits per heavy atom. The molecule has 4 rings (SSSR count). The molecule has 3 aromatic heterocycles. The summed E-state index contributed by atoms with van der Waals surface area (Å²) in [6.07, 6.45) is 5.01. The lowest BCUT2D eigenvalue weighted by atomic mass is 10.2. The summed E-state index contributed by atoms with van der Waals surface area (Å²) in [5.41, 5.74) is 3.06. The molecular formula is C19H21N5O. The molecule has 0 spiro atoms. The maximum absolute atomic E-state index is 11.3. The molecule has 1 saturated carbocycles. The van der Waals surface area contributed by atoms with Crippen LogP contribution in [0.5, 0.6) is 0 Å². The molecule has 25 heavy (non-hydrogen) atoms. The number of aromatic nitrogens is 4. The Bertz CT molecular complexity index is 991. The van der Waals surface area contributed by atoms with Gasteiger partial charge in [0, 0.05) is 48.4 Å². The predicted molar refractivity (Wildman–Crippen MR) is 97.0 cm³/mol. The molecule has 0 saturated heterocycles. The number of nitrogens with one attached hydrogen (secondary N) is 1. The summed E-state index contributed by atoms with van der Waals surface area (Å²) in [6.45, 7) is 7.77. The van der Waals surface area contributed by atoms with E-state index < -0.39 is 0 Å². The summed E-state index contributed by atoms with van der Waals surface area (Å²) in [7, 11) is 0. The number of aryl methyl sites for hydroxylation is 2. The highest BCUT2D eigenvalue weighted by molar-refractivity contribution is 5.92. The van der Waals surface area contributed by atoms with Crippen LogP contribution in [0.25, 0.3) is 16.7 Å². The highest BCUT2D eigenvalue weighted by atomic mass is 16.1. The van der Waals surface area contributed by atoms with Crippen molar-refractivity contribution in [2.45, 2.75) is 40.0 Å². The predicted octanol–water partition coefficient (Wildman–Crippen LogP) is 3.51. The maximum atomic E-state index is 11.3. The van der Waals surface area contributed by atoms with Gasteiger partial charge in [-0.25, -0.2) is 15.0 Å². The second-order valence-corrected chi connectivity index (χ2v) is 7.00. The second-order valence-electron chi connectivity index (χ2n) is 7.00.